The van der Waals surface area contributed by atoms with E-state index in [0.29, 0.717) is 30.2 Å². The number of sulfonamides is 1. The summed E-state index contributed by atoms with van der Waals surface area (Å²) < 4.78 is 33.7. The molecule has 0 radical (unpaired) electrons. The Morgan fingerprint density at radius 3 is 2.40 bits per heavy atom. The van der Waals surface area contributed by atoms with Gasteiger partial charge >= 0.3 is 0 Å². The van der Waals surface area contributed by atoms with Crippen LogP contribution in [0, 0.1) is 11.8 Å². The molecule has 2 aromatic carbocycles. The highest BCUT2D eigenvalue weighted by atomic mass is 32.2. The van der Waals surface area contributed by atoms with Gasteiger partial charge in [-0.25, -0.2) is 18.4 Å². The largest absolute Gasteiger partial charge is 0.508 e. The number of rotatable bonds is 6. The lowest BCUT2D eigenvalue weighted by Gasteiger charge is -2.34. The maximum atomic E-state index is 13.5. The maximum Gasteiger partial charge on any atom is 0.255 e. The minimum Gasteiger partial charge on any atom is -0.508 e. The molecular weight excluding hydrogens is 468 g/mol. The van der Waals surface area contributed by atoms with Gasteiger partial charge in [0.15, 0.2) is 5.82 Å². The molecule has 0 bridgehead atoms. The average Bonchev–Trinajstić information content (AvgIpc) is 2.83. The highest BCUT2D eigenvalue weighted by Gasteiger charge is 2.34. The third-order valence-electron chi connectivity index (χ3n) is 5.89. The van der Waals surface area contributed by atoms with Crippen LogP contribution in [0.3, 0.4) is 0 Å². The minimum absolute atomic E-state index is 0.0376. The molecule has 0 spiro atoms. The molecule has 1 aromatic heterocycles. The number of carbonyl (C=O) groups is 1. The van der Waals surface area contributed by atoms with Gasteiger partial charge in [0, 0.05) is 24.2 Å². The first-order valence-electron chi connectivity index (χ1n) is 11.3. The van der Waals surface area contributed by atoms with Gasteiger partial charge in [0.05, 0.1) is 25.2 Å². The predicted octanol–water partition coefficient (Wildman–Crippen LogP) is 3.78. The van der Waals surface area contributed by atoms with Gasteiger partial charge in [-0.1, -0.05) is 26.0 Å². The monoisotopic (exact) mass is 496 g/mol. The van der Waals surface area contributed by atoms with Gasteiger partial charge in [-0.05, 0) is 48.6 Å². The Hall–Kier alpha value is -3.50. The molecule has 4 rings (SSSR count). The molecule has 2 atom stereocenters. The van der Waals surface area contributed by atoms with Crippen LogP contribution in [0.2, 0.25) is 0 Å². The van der Waals surface area contributed by atoms with Crippen LogP contribution in [0.1, 0.15) is 30.6 Å². The molecule has 1 aliphatic heterocycles. The third-order valence-corrected chi connectivity index (χ3v) is 7.75. The Bertz CT molecular complexity index is 1320. The molecule has 10 heteroatoms. The predicted molar refractivity (Wildman–Crippen MR) is 132 cm³/mol. The van der Waals surface area contributed by atoms with Crippen molar-refractivity contribution >= 4 is 21.6 Å². The molecule has 2 heterocycles. The SMILES string of the molecule is COc1ccc(C(=O)Nc2cnc(-c3cccc(O)c3)nc2)cc1S(=O)(=O)N1CC(C)CC(C)C1. The van der Waals surface area contributed by atoms with Crippen LogP contribution in [-0.2, 0) is 10.0 Å². The first-order valence-corrected chi connectivity index (χ1v) is 12.7. The molecule has 1 amide bonds. The van der Waals surface area contributed by atoms with Crippen LogP contribution in [-0.4, -0.2) is 53.9 Å². The molecule has 2 unspecified atom stereocenters. The number of phenols is 1. The highest BCUT2D eigenvalue weighted by Crippen LogP contribution is 2.32. The standard InChI is InChI=1S/C25H28N4O5S/c1-16-9-17(2)15-29(14-16)35(32,33)23-11-19(7-8-22(23)34-3)25(31)28-20-12-26-24(27-13-20)18-5-4-6-21(30)10-18/h4-8,10-13,16-17,30H,9,14-15H2,1-3H3,(H,28,31). The molecule has 9 nitrogen and oxygen atoms in total. The molecule has 1 aliphatic rings. The van der Waals surface area contributed by atoms with Crippen molar-refractivity contribution in [3.05, 3.63) is 60.4 Å². The lowest BCUT2D eigenvalue weighted by molar-refractivity contribution is 0.102. The molecule has 1 fully saturated rings. The number of nitrogens with zero attached hydrogens (tertiary/aromatic N) is 3. The first kappa shape index (κ1) is 24.6. The summed E-state index contributed by atoms with van der Waals surface area (Å²) >= 11 is 0. The number of hydrogen-bond donors (Lipinski definition) is 2. The van der Waals surface area contributed by atoms with Crippen molar-refractivity contribution in [1.29, 1.82) is 0 Å². The van der Waals surface area contributed by atoms with Crippen LogP contribution in [0.4, 0.5) is 5.69 Å². The van der Waals surface area contributed by atoms with Crippen molar-refractivity contribution in [3.8, 4) is 22.9 Å². The van der Waals surface area contributed by atoms with E-state index in [4.69, 9.17) is 4.74 Å². The number of amides is 1. The van der Waals surface area contributed by atoms with Gasteiger partial charge in [0.1, 0.15) is 16.4 Å². The number of benzene rings is 2. The van der Waals surface area contributed by atoms with E-state index in [-0.39, 0.29) is 33.8 Å². The summed E-state index contributed by atoms with van der Waals surface area (Å²) in [5.41, 5.74) is 1.14. The second kappa shape index (κ2) is 10.0. The summed E-state index contributed by atoms with van der Waals surface area (Å²) in [7, 11) is -2.45. The minimum atomic E-state index is -3.86. The number of ether oxygens (including phenoxy) is 1. The fraction of sp³-hybridized carbons (Fsp3) is 0.320. The van der Waals surface area contributed by atoms with E-state index >= 15 is 0 Å². The van der Waals surface area contributed by atoms with E-state index in [2.05, 4.69) is 15.3 Å². The van der Waals surface area contributed by atoms with Crippen LogP contribution >= 0.6 is 0 Å². The number of carbonyl (C=O) groups excluding carboxylic acids is 1. The van der Waals surface area contributed by atoms with E-state index in [1.165, 1.54) is 48.1 Å². The summed E-state index contributed by atoms with van der Waals surface area (Å²) in [6, 6.07) is 10.9. The molecule has 1 saturated heterocycles. The van der Waals surface area contributed by atoms with Crippen LogP contribution in [0.25, 0.3) is 11.4 Å². The first-order chi connectivity index (χ1) is 16.7. The highest BCUT2D eigenvalue weighted by molar-refractivity contribution is 7.89. The van der Waals surface area contributed by atoms with Crippen molar-refractivity contribution in [3.63, 3.8) is 0 Å². The molecule has 0 aliphatic carbocycles. The molecule has 3 aromatic rings. The summed E-state index contributed by atoms with van der Waals surface area (Å²) in [5.74, 6) is 0.663. The Kier molecular flexibility index (Phi) is 7.04. The summed E-state index contributed by atoms with van der Waals surface area (Å²) in [4.78, 5) is 21.4. The number of nitrogens with one attached hydrogen (secondary N) is 1. The van der Waals surface area contributed by atoms with Crippen molar-refractivity contribution in [2.45, 2.75) is 25.2 Å². The smallest absolute Gasteiger partial charge is 0.255 e. The zero-order valence-corrected chi connectivity index (χ0v) is 20.6. The normalized spacial score (nSPS) is 18.7. The van der Waals surface area contributed by atoms with E-state index in [1.807, 2.05) is 13.8 Å². The quantitative estimate of drug-likeness (QED) is 0.533. The van der Waals surface area contributed by atoms with Gasteiger partial charge in [-0.2, -0.15) is 4.31 Å². The third kappa shape index (κ3) is 5.44. The zero-order chi connectivity index (χ0) is 25.2. The fourth-order valence-corrected chi connectivity index (χ4v) is 6.21. The molecule has 0 saturated carbocycles. The van der Waals surface area contributed by atoms with E-state index in [1.54, 1.807) is 18.2 Å². The summed E-state index contributed by atoms with van der Waals surface area (Å²) in [6.07, 6.45) is 3.86. The van der Waals surface area contributed by atoms with Crippen LogP contribution < -0.4 is 10.1 Å². The molecule has 35 heavy (non-hydrogen) atoms. The van der Waals surface area contributed by atoms with Gasteiger partial charge in [0.25, 0.3) is 5.91 Å². The topological polar surface area (TPSA) is 122 Å². The van der Waals surface area contributed by atoms with Crippen molar-refractivity contribution in [2.75, 3.05) is 25.5 Å². The number of piperidine rings is 1. The lowest BCUT2D eigenvalue weighted by atomic mass is 9.94. The Morgan fingerprint density at radius 2 is 1.77 bits per heavy atom. The van der Waals surface area contributed by atoms with Crippen LogP contribution in [0.5, 0.6) is 11.5 Å². The Labute approximate surface area is 204 Å². The summed E-state index contributed by atoms with van der Waals surface area (Å²) in [6.45, 7) is 4.92. The number of aromatic nitrogens is 2. The second-order valence-electron chi connectivity index (χ2n) is 8.93. The van der Waals surface area contributed by atoms with Gasteiger partial charge < -0.3 is 15.2 Å². The molecule has 2 N–H and O–H groups in total. The van der Waals surface area contributed by atoms with Crippen molar-refractivity contribution in [2.24, 2.45) is 11.8 Å². The molecule has 184 valence electrons. The van der Waals surface area contributed by atoms with Gasteiger partial charge in [-0.3, -0.25) is 4.79 Å². The number of phenolic OH excluding ortho intramolecular Hbond substituents is 1. The molecular formula is C25H28N4O5S. The number of methoxy groups -OCH3 is 1. The fourth-order valence-electron chi connectivity index (χ4n) is 4.35. The Morgan fingerprint density at radius 1 is 1.09 bits per heavy atom. The van der Waals surface area contributed by atoms with Crippen molar-refractivity contribution in [1.82, 2.24) is 14.3 Å². The second-order valence-corrected chi connectivity index (χ2v) is 10.8. The number of anilines is 1. The maximum absolute atomic E-state index is 13.5. The number of hydrogen-bond acceptors (Lipinski definition) is 7. The van der Waals surface area contributed by atoms with E-state index < -0.39 is 15.9 Å². The number of aromatic hydroxyl groups is 1. The van der Waals surface area contributed by atoms with Crippen LogP contribution in [0.15, 0.2) is 59.8 Å². The van der Waals surface area contributed by atoms with Gasteiger partial charge in [0.2, 0.25) is 10.0 Å². The lowest BCUT2D eigenvalue weighted by Crippen LogP contribution is -2.42. The zero-order valence-electron chi connectivity index (χ0n) is 19.8. The van der Waals surface area contributed by atoms with Crippen molar-refractivity contribution < 1.29 is 23.1 Å². The van der Waals surface area contributed by atoms with E-state index in [9.17, 15) is 18.3 Å². The Balaban J connectivity index is 1.56. The van der Waals surface area contributed by atoms with Gasteiger partial charge in [-0.15, -0.1) is 0 Å². The summed E-state index contributed by atoms with van der Waals surface area (Å²) in [5, 5.41) is 12.3. The van der Waals surface area contributed by atoms with E-state index in [0.717, 1.165) is 6.42 Å². The average molecular weight is 497 g/mol.